The first-order valence-corrected chi connectivity index (χ1v) is 7.52. The number of aliphatic hydroxyl groups excluding tert-OH is 1. The van der Waals surface area contributed by atoms with E-state index in [1.54, 1.807) is 13.8 Å². The molecule has 1 rings (SSSR count). The standard InChI is InChI=1S/C10H15NO5S2/c1-7(2)11(5-6-12)18(15,16)9-4-3-8(17-9)10(13)14/h3-4,7,12H,5-6H2,1-2H3,(H,13,14). The molecular formula is C10H15NO5S2. The molecule has 0 amide bonds. The minimum Gasteiger partial charge on any atom is -0.477 e. The normalized spacial score (nSPS) is 12.3. The Morgan fingerprint density at radius 3 is 2.44 bits per heavy atom. The van der Waals surface area contributed by atoms with Crippen LogP contribution in [0, 0.1) is 0 Å². The van der Waals surface area contributed by atoms with Crippen molar-refractivity contribution in [2.24, 2.45) is 0 Å². The first-order chi connectivity index (χ1) is 8.30. The Labute approximate surface area is 110 Å². The van der Waals surface area contributed by atoms with Crippen LogP contribution >= 0.6 is 11.3 Å². The molecule has 2 N–H and O–H groups in total. The molecule has 1 aromatic heterocycles. The van der Waals surface area contributed by atoms with Crippen molar-refractivity contribution in [3.05, 3.63) is 17.0 Å². The quantitative estimate of drug-likeness (QED) is 0.810. The van der Waals surface area contributed by atoms with Crippen LogP contribution in [0.4, 0.5) is 0 Å². The lowest BCUT2D eigenvalue weighted by atomic mass is 10.4. The van der Waals surface area contributed by atoms with Crippen molar-refractivity contribution in [2.45, 2.75) is 24.1 Å². The SMILES string of the molecule is CC(C)N(CCO)S(=O)(=O)c1ccc(C(=O)O)s1. The maximum Gasteiger partial charge on any atom is 0.345 e. The molecule has 0 unspecified atom stereocenters. The van der Waals surface area contributed by atoms with Crippen LogP contribution in [0.5, 0.6) is 0 Å². The second kappa shape index (κ2) is 5.79. The molecule has 0 atom stereocenters. The van der Waals surface area contributed by atoms with Crippen LogP contribution in [0.2, 0.25) is 0 Å². The van der Waals surface area contributed by atoms with E-state index >= 15 is 0 Å². The molecule has 0 saturated carbocycles. The summed E-state index contributed by atoms with van der Waals surface area (Å²) in [5, 5.41) is 17.7. The van der Waals surface area contributed by atoms with E-state index in [-0.39, 0.29) is 28.3 Å². The van der Waals surface area contributed by atoms with E-state index in [2.05, 4.69) is 0 Å². The number of hydrogen-bond donors (Lipinski definition) is 2. The van der Waals surface area contributed by atoms with E-state index in [1.807, 2.05) is 0 Å². The van der Waals surface area contributed by atoms with Crippen molar-refractivity contribution in [1.82, 2.24) is 4.31 Å². The van der Waals surface area contributed by atoms with Crippen molar-refractivity contribution in [3.8, 4) is 0 Å². The maximum absolute atomic E-state index is 12.2. The van der Waals surface area contributed by atoms with Crippen molar-refractivity contribution in [2.75, 3.05) is 13.2 Å². The van der Waals surface area contributed by atoms with E-state index < -0.39 is 16.0 Å². The van der Waals surface area contributed by atoms with Gasteiger partial charge in [0.05, 0.1) is 6.61 Å². The molecule has 0 radical (unpaired) electrons. The van der Waals surface area contributed by atoms with Crippen molar-refractivity contribution in [1.29, 1.82) is 0 Å². The molecule has 0 saturated heterocycles. The highest BCUT2D eigenvalue weighted by atomic mass is 32.2. The number of hydrogen-bond acceptors (Lipinski definition) is 5. The van der Waals surface area contributed by atoms with Gasteiger partial charge in [0, 0.05) is 12.6 Å². The summed E-state index contributed by atoms with van der Waals surface area (Å²) in [5.41, 5.74) is 0. The van der Waals surface area contributed by atoms with Crippen LogP contribution in [-0.2, 0) is 10.0 Å². The van der Waals surface area contributed by atoms with Crippen LogP contribution in [0.15, 0.2) is 16.3 Å². The molecule has 8 heteroatoms. The fraction of sp³-hybridized carbons (Fsp3) is 0.500. The Bertz CT molecular complexity index is 520. The molecule has 0 aromatic carbocycles. The summed E-state index contributed by atoms with van der Waals surface area (Å²) in [6, 6.07) is 2.23. The average Bonchev–Trinajstić information content (AvgIpc) is 2.74. The molecule has 0 fully saturated rings. The molecular weight excluding hydrogens is 278 g/mol. The molecule has 1 aromatic rings. The van der Waals surface area contributed by atoms with E-state index in [9.17, 15) is 13.2 Å². The highest BCUT2D eigenvalue weighted by Gasteiger charge is 2.28. The second-order valence-corrected chi connectivity index (χ2v) is 7.06. The van der Waals surface area contributed by atoms with Crippen LogP contribution < -0.4 is 0 Å². The fourth-order valence-electron chi connectivity index (χ4n) is 1.44. The zero-order chi connectivity index (χ0) is 13.9. The van der Waals surface area contributed by atoms with Gasteiger partial charge >= 0.3 is 5.97 Å². The van der Waals surface area contributed by atoms with Crippen molar-refractivity contribution >= 4 is 27.3 Å². The summed E-state index contributed by atoms with van der Waals surface area (Å²) in [5.74, 6) is -1.15. The summed E-state index contributed by atoms with van der Waals surface area (Å²) >= 11 is 0.709. The lowest BCUT2D eigenvalue weighted by Gasteiger charge is -2.24. The molecule has 0 aliphatic heterocycles. The third kappa shape index (κ3) is 3.08. The molecule has 6 nitrogen and oxygen atoms in total. The molecule has 0 aliphatic rings. The fourth-order valence-corrected chi connectivity index (χ4v) is 4.35. The minimum absolute atomic E-state index is 0.0136. The number of carboxylic acids is 1. The summed E-state index contributed by atoms with van der Waals surface area (Å²) in [6.07, 6.45) is 0. The number of rotatable bonds is 6. The van der Waals surface area contributed by atoms with Crippen LogP contribution in [-0.4, -0.2) is 48.1 Å². The van der Waals surface area contributed by atoms with Crippen molar-refractivity contribution in [3.63, 3.8) is 0 Å². The van der Waals surface area contributed by atoms with Gasteiger partial charge in [-0.15, -0.1) is 11.3 Å². The van der Waals surface area contributed by atoms with Crippen LogP contribution in [0.3, 0.4) is 0 Å². The van der Waals surface area contributed by atoms with Gasteiger partial charge in [-0.25, -0.2) is 13.2 Å². The Kier molecular flexibility index (Phi) is 4.85. The van der Waals surface area contributed by atoms with Crippen molar-refractivity contribution < 1.29 is 23.4 Å². The third-order valence-electron chi connectivity index (χ3n) is 2.25. The zero-order valence-electron chi connectivity index (χ0n) is 10.0. The topological polar surface area (TPSA) is 94.9 Å². The van der Waals surface area contributed by atoms with E-state index in [1.165, 1.54) is 12.1 Å². The van der Waals surface area contributed by atoms with Gasteiger partial charge in [0.25, 0.3) is 10.0 Å². The number of aromatic carboxylic acids is 1. The molecule has 1 heterocycles. The number of nitrogens with zero attached hydrogens (tertiary/aromatic N) is 1. The van der Waals surface area contributed by atoms with E-state index in [4.69, 9.17) is 10.2 Å². The highest BCUT2D eigenvalue weighted by Crippen LogP contribution is 2.26. The van der Waals surface area contributed by atoms with E-state index in [0.717, 1.165) is 4.31 Å². The number of carboxylic acid groups (broad SMARTS) is 1. The van der Waals surface area contributed by atoms with Gasteiger partial charge in [-0.3, -0.25) is 0 Å². The molecule has 0 spiro atoms. The lowest BCUT2D eigenvalue weighted by Crippen LogP contribution is -2.38. The first kappa shape index (κ1) is 15.1. The smallest absolute Gasteiger partial charge is 0.345 e. The Hall–Kier alpha value is -0.960. The summed E-state index contributed by atoms with van der Waals surface area (Å²) in [4.78, 5) is 10.7. The van der Waals surface area contributed by atoms with Gasteiger partial charge in [-0.1, -0.05) is 0 Å². The monoisotopic (exact) mass is 293 g/mol. The lowest BCUT2D eigenvalue weighted by molar-refractivity contribution is 0.0702. The van der Waals surface area contributed by atoms with Gasteiger partial charge in [-0.05, 0) is 26.0 Å². The summed E-state index contributed by atoms with van der Waals surface area (Å²) in [6.45, 7) is 3.09. The van der Waals surface area contributed by atoms with Gasteiger partial charge in [0.2, 0.25) is 0 Å². The minimum atomic E-state index is -3.75. The predicted molar refractivity (Wildman–Crippen MR) is 67.4 cm³/mol. The Morgan fingerprint density at radius 1 is 1.44 bits per heavy atom. The number of sulfonamides is 1. The zero-order valence-corrected chi connectivity index (χ0v) is 11.7. The highest BCUT2D eigenvalue weighted by molar-refractivity contribution is 7.91. The van der Waals surface area contributed by atoms with Gasteiger partial charge in [-0.2, -0.15) is 4.31 Å². The first-order valence-electron chi connectivity index (χ1n) is 5.26. The maximum atomic E-state index is 12.2. The largest absolute Gasteiger partial charge is 0.477 e. The Balaban J connectivity index is 3.14. The number of aliphatic hydroxyl groups is 1. The van der Waals surface area contributed by atoms with E-state index in [0.29, 0.717) is 11.3 Å². The molecule has 0 aliphatic carbocycles. The predicted octanol–water partition coefficient (Wildman–Crippen LogP) is 0.838. The summed E-state index contributed by atoms with van der Waals surface area (Å²) < 4.78 is 25.6. The summed E-state index contributed by atoms with van der Waals surface area (Å²) in [7, 11) is -3.75. The van der Waals surface area contributed by atoms with Gasteiger partial charge in [0.1, 0.15) is 9.09 Å². The van der Waals surface area contributed by atoms with Gasteiger partial charge in [0.15, 0.2) is 0 Å². The van der Waals surface area contributed by atoms with Crippen LogP contribution in [0.25, 0.3) is 0 Å². The van der Waals surface area contributed by atoms with Gasteiger partial charge < -0.3 is 10.2 Å². The van der Waals surface area contributed by atoms with Crippen LogP contribution in [0.1, 0.15) is 23.5 Å². The molecule has 102 valence electrons. The average molecular weight is 293 g/mol. The molecule has 18 heavy (non-hydrogen) atoms. The second-order valence-electron chi connectivity index (χ2n) is 3.86. The number of thiophene rings is 1. The third-order valence-corrected chi connectivity index (χ3v) is 5.87. The Morgan fingerprint density at radius 2 is 2.06 bits per heavy atom. The number of carbonyl (C=O) groups is 1. The molecule has 0 bridgehead atoms.